The van der Waals surface area contributed by atoms with E-state index in [9.17, 15) is 0 Å². The first kappa shape index (κ1) is 23.8. The van der Waals surface area contributed by atoms with Gasteiger partial charge in [0.1, 0.15) is 0 Å². The van der Waals surface area contributed by atoms with Gasteiger partial charge < -0.3 is 5.48 Å². The Morgan fingerprint density at radius 3 is 1.25 bits per heavy atom. The summed E-state index contributed by atoms with van der Waals surface area (Å²) < 4.78 is 8.38. The Morgan fingerprint density at radius 1 is 1.25 bits per heavy atom. The first-order valence-corrected chi connectivity index (χ1v) is 1.50. The minimum atomic E-state index is 0. The Bertz CT molecular complexity index is 6.00. The summed E-state index contributed by atoms with van der Waals surface area (Å²) in [6.45, 7) is 0. The zero-order valence-electron chi connectivity index (χ0n) is 1.62. The molecule has 0 saturated carbocycles. The van der Waals surface area contributed by atoms with E-state index in [1.54, 1.807) is 0 Å². The molecule has 0 spiro atoms. The molecule has 0 saturated heterocycles. The molecule has 4 heteroatoms. The van der Waals surface area contributed by atoms with Gasteiger partial charge in [0.25, 0.3) is 0 Å². The van der Waals surface area contributed by atoms with Gasteiger partial charge in [-0.3, -0.25) is 0 Å². The van der Waals surface area contributed by atoms with E-state index in [4.69, 9.17) is 3.57 Å². The molecule has 0 aromatic carbocycles. The van der Waals surface area contributed by atoms with Crippen molar-refractivity contribution < 1.29 is 27.3 Å². The van der Waals surface area contributed by atoms with E-state index >= 15 is 0 Å². The van der Waals surface area contributed by atoms with E-state index in [0.717, 1.165) is 0 Å². The third-order valence-corrected chi connectivity index (χ3v) is 0. The zero-order valence-corrected chi connectivity index (χ0v) is 4.58. The Kier molecular flexibility index (Phi) is 452. The summed E-state index contributed by atoms with van der Waals surface area (Å²) in [5.41, 5.74) is 0. The van der Waals surface area contributed by atoms with Crippen LogP contribution in [0.4, 0.5) is 0 Å². The molecule has 4 heavy (non-hydrogen) atoms. The van der Waals surface area contributed by atoms with Crippen LogP contribution < -0.4 is 0 Å². The van der Waals surface area contributed by atoms with Crippen LogP contribution in [0.15, 0.2) is 0 Å². The van der Waals surface area contributed by atoms with Gasteiger partial charge in [0.2, 0.25) is 0 Å². The van der Waals surface area contributed by atoms with Crippen molar-refractivity contribution in [2.45, 2.75) is 0 Å². The molecule has 0 aliphatic carbocycles. The second-order valence-electron chi connectivity index (χ2n) is 0. The summed E-state index contributed by atoms with van der Waals surface area (Å²) in [7, 11) is 0. The second-order valence-corrected chi connectivity index (χ2v) is 0. The summed E-state index contributed by atoms with van der Waals surface area (Å²) in [6.07, 6.45) is 0. The van der Waals surface area contributed by atoms with Crippen LogP contribution in [0.3, 0.4) is 0 Å². The van der Waals surface area contributed by atoms with E-state index in [-0.39, 0.29) is 33.9 Å². The average molecular weight is 110 g/mol. The Hall–Kier alpha value is 0.552. The quantitative estimate of drug-likeness (QED) is 0.337. The van der Waals surface area contributed by atoms with E-state index in [2.05, 4.69) is 0 Å². The van der Waals surface area contributed by atoms with Gasteiger partial charge in [-0.1, -0.05) is 0 Å². The van der Waals surface area contributed by atoms with Gasteiger partial charge in [-0.05, 0) is 0 Å². The fraction of sp³-hybridized carbons (Fsp3) is 0. The Balaban J connectivity index is -0.00000000500. The molecule has 0 amide bonds. The van der Waals surface area contributed by atoms with Crippen molar-refractivity contribution in [1.29, 1.82) is 0 Å². The van der Waals surface area contributed by atoms with Crippen LogP contribution >= 0.6 is 0 Å². The fourth-order valence-electron chi connectivity index (χ4n) is 0. The molecule has 0 bridgehead atoms. The molecule has 0 unspecified atom stereocenters. The second kappa shape index (κ2) is 75.9. The zero-order chi connectivity index (χ0) is 2.00. The van der Waals surface area contributed by atoms with Crippen LogP contribution in [-0.4, -0.2) is 15.6 Å². The number of rotatable bonds is 0. The predicted molar refractivity (Wildman–Crippen MR) is 12.8 cm³/mol. The van der Waals surface area contributed by atoms with Gasteiger partial charge in [0.05, 0.1) is 0 Å². The third kappa shape index (κ3) is 20.2. The molecule has 20 valence electrons. The third-order valence-electron chi connectivity index (χ3n) is 0. The Labute approximate surface area is 38.0 Å². The van der Waals surface area contributed by atoms with E-state index in [0.29, 0.717) is 0 Å². The standard InChI is InChI=1S/Be.H2O.O.Zn.2H/h;1H2;;;;. The van der Waals surface area contributed by atoms with Crippen LogP contribution in [0.5, 0.6) is 0 Å². The Morgan fingerprint density at radius 2 is 1.25 bits per heavy atom. The van der Waals surface area contributed by atoms with Crippen LogP contribution in [0, 0.1) is 0 Å². The van der Waals surface area contributed by atoms with Crippen molar-refractivity contribution >= 4 is 10.1 Å². The molecule has 0 atom stereocenters. The van der Waals surface area contributed by atoms with Gasteiger partial charge >= 0.3 is 31.9 Å². The monoisotopic (exact) mass is 109 g/mol. The van der Waals surface area contributed by atoms with E-state index in [1.807, 2.05) is 0 Å². The summed E-state index contributed by atoms with van der Waals surface area (Å²) in [5, 5.41) is 0. The molecule has 0 radical (unpaired) electrons. The van der Waals surface area contributed by atoms with Crippen molar-refractivity contribution in [3.63, 3.8) is 0 Å². The van der Waals surface area contributed by atoms with Crippen molar-refractivity contribution in [3.05, 3.63) is 0 Å². The number of hydrogen-bond acceptors (Lipinski definition) is 1. The summed E-state index contributed by atoms with van der Waals surface area (Å²) in [4.78, 5) is 0. The van der Waals surface area contributed by atoms with Gasteiger partial charge in [-0.2, -0.15) is 0 Å². The van der Waals surface area contributed by atoms with Gasteiger partial charge in [0.15, 0.2) is 0 Å². The molecule has 2 N–H and O–H groups in total. The maximum absolute atomic E-state index is 8.38. The molecular formula is H4BeO2Zn. The molecule has 0 aliphatic rings. The fourth-order valence-corrected chi connectivity index (χ4v) is 0. The van der Waals surface area contributed by atoms with Crippen LogP contribution in [0.25, 0.3) is 0 Å². The first-order valence-electron chi connectivity index (χ1n) is 0.289. The normalized spacial score (nSPS) is 1.50. The maximum atomic E-state index is 8.38. The van der Waals surface area contributed by atoms with Crippen molar-refractivity contribution in [1.82, 2.24) is 0 Å². The van der Waals surface area contributed by atoms with Gasteiger partial charge in [-0.15, -0.1) is 0 Å². The van der Waals surface area contributed by atoms with Crippen molar-refractivity contribution in [2.75, 3.05) is 0 Å². The summed E-state index contributed by atoms with van der Waals surface area (Å²) in [5.74, 6) is 0. The van der Waals surface area contributed by atoms with Gasteiger partial charge in [0, 0.05) is 0 Å². The molecular weight excluding hydrogens is 106 g/mol. The van der Waals surface area contributed by atoms with E-state index in [1.165, 1.54) is 0 Å². The minimum absolute atomic E-state index is 0. The van der Waals surface area contributed by atoms with Crippen molar-refractivity contribution in [3.8, 4) is 0 Å². The molecule has 0 aromatic heterocycles. The molecule has 0 aliphatic heterocycles. The van der Waals surface area contributed by atoms with Crippen LogP contribution in [0.1, 0.15) is 0 Å². The van der Waals surface area contributed by atoms with Crippen LogP contribution in [-0.2, 0) is 21.8 Å². The molecule has 0 heterocycles. The van der Waals surface area contributed by atoms with E-state index < -0.39 is 0 Å². The SMILES string of the molecule is O.[BeH2].[O]=[Zn]. The number of hydrogen-bond donors (Lipinski definition) is 0. The summed E-state index contributed by atoms with van der Waals surface area (Å²) in [6, 6.07) is 0. The molecule has 0 aromatic rings. The van der Waals surface area contributed by atoms with Crippen LogP contribution in [0.2, 0.25) is 0 Å². The average Bonchev–Trinajstić information content (AvgIpc) is 1.00. The molecule has 2 nitrogen and oxygen atoms in total. The van der Waals surface area contributed by atoms with Crippen molar-refractivity contribution in [2.24, 2.45) is 0 Å². The molecule has 0 rings (SSSR count). The van der Waals surface area contributed by atoms with Gasteiger partial charge in [-0.25, -0.2) is 0 Å². The summed E-state index contributed by atoms with van der Waals surface area (Å²) >= 11 is 0.125. The first-order chi connectivity index (χ1) is 1.00. The molecule has 0 fully saturated rings. The topological polar surface area (TPSA) is 48.6 Å². The predicted octanol–water partition coefficient (Wildman–Crippen LogP) is -1.86.